The zero-order valence-corrected chi connectivity index (χ0v) is 7.33. The molecule has 2 N–H and O–H groups in total. The van der Waals surface area contributed by atoms with E-state index >= 15 is 0 Å². The Labute approximate surface area is 68.6 Å². The average molecular weight is 158 g/mol. The number of hydrogen-bond acceptors (Lipinski definition) is 2. The Morgan fingerprint density at radius 3 is 2.36 bits per heavy atom. The summed E-state index contributed by atoms with van der Waals surface area (Å²) in [5.41, 5.74) is 0. The van der Waals surface area contributed by atoms with Gasteiger partial charge in [-0.05, 0) is 26.2 Å². The van der Waals surface area contributed by atoms with Crippen molar-refractivity contribution in [1.82, 2.24) is 0 Å². The Morgan fingerprint density at radius 2 is 1.91 bits per heavy atom. The van der Waals surface area contributed by atoms with Gasteiger partial charge in [0, 0.05) is 0 Å². The predicted octanol–water partition coefficient (Wildman–Crippen LogP) is 1.47. The smallest absolute Gasteiger partial charge is 0.0799 e. The van der Waals surface area contributed by atoms with Crippen LogP contribution in [0.3, 0.4) is 0 Å². The van der Waals surface area contributed by atoms with E-state index in [1.807, 2.05) is 6.08 Å². The first-order chi connectivity index (χ1) is 5.18. The molecule has 0 bridgehead atoms. The summed E-state index contributed by atoms with van der Waals surface area (Å²) in [5.74, 6) is 0. The Morgan fingerprint density at radius 1 is 1.27 bits per heavy atom. The Kier molecular flexibility index (Phi) is 6.18. The van der Waals surface area contributed by atoms with Crippen molar-refractivity contribution in [3.8, 4) is 0 Å². The summed E-state index contributed by atoms with van der Waals surface area (Å²) in [6.07, 6.45) is 5.45. The molecule has 0 radical (unpaired) electrons. The zero-order valence-electron chi connectivity index (χ0n) is 7.33. The van der Waals surface area contributed by atoms with Crippen molar-refractivity contribution in [1.29, 1.82) is 0 Å². The van der Waals surface area contributed by atoms with Crippen LogP contribution >= 0.6 is 0 Å². The van der Waals surface area contributed by atoms with Gasteiger partial charge >= 0.3 is 0 Å². The summed E-state index contributed by atoms with van der Waals surface area (Å²) < 4.78 is 0. The van der Waals surface area contributed by atoms with Gasteiger partial charge in [-0.2, -0.15) is 0 Å². The van der Waals surface area contributed by atoms with Crippen molar-refractivity contribution in [2.75, 3.05) is 0 Å². The summed E-state index contributed by atoms with van der Waals surface area (Å²) in [4.78, 5) is 0. The first-order valence-corrected chi connectivity index (χ1v) is 4.19. The lowest BCUT2D eigenvalue weighted by Crippen LogP contribution is -2.21. The lowest BCUT2D eigenvalue weighted by Gasteiger charge is -2.11. The molecule has 0 aliphatic carbocycles. The van der Waals surface area contributed by atoms with Gasteiger partial charge in [0.1, 0.15) is 0 Å². The number of hydrogen-bond donors (Lipinski definition) is 2. The minimum absolute atomic E-state index is 0.573. The van der Waals surface area contributed by atoms with Crippen LogP contribution in [-0.2, 0) is 0 Å². The van der Waals surface area contributed by atoms with Crippen LogP contribution in [0.1, 0.15) is 33.1 Å². The maximum Gasteiger partial charge on any atom is 0.0799 e. The first kappa shape index (κ1) is 10.7. The van der Waals surface area contributed by atoms with Gasteiger partial charge < -0.3 is 10.2 Å². The van der Waals surface area contributed by atoms with Gasteiger partial charge in [-0.15, -0.1) is 0 Å². The van der Waals surface area contributed by atoms with E-state index in [0.29, 0.717) is 6.42 Å². The Bertz CT molecular complexity index is 108. The van der Waals surface area contributed by atoms with Crippen molar-refractivity contribution < 1.29 is 10.2 Å². The SMILES string of the molecule is CCC=CCCC(O)C(C)O. The highest BCUT2D eigenvalue weighted by Gasteiger charge is 2.08. The van der Waals surface area contributed by atoms with E-state index in [1.165, 1.54) is 0 Å². The third kappa shape index (κ3) is 6.07. The minimum atomic E-state index is -0.606. The molecule has 0 aromatic heterocycles. The maximum atomic E-state index is 9.14. The molecule has 0 heterocycles. The topological polar surface area (TPSA) is 40.5 Å². The fourth-order valence-electron chi connectivity index (χ4n) is 0.793. The molecule has 0 aromatic rings. The van der Waals surface area contributed by atoms with Gasteiger partial charge in [-0.3, -0.25) is 0 Å². The fraction of sp³-hybridized carbons (Fsp3) is 0.778. The Balaban J connectivity index is 3.31. The molecule has 2 atom stereocenters. The van der Waals surface area contributed by atoms with Crippen molar-refractivity contribution >= 4 is 0 Å². The molecule has 0 saturated heterocycles. The number of aliphatic hydroxyl groups excluding tert-OH is 2. The van der Waals surface area contributed by atoms with Gasteiger partial charge in [0.15, 0.2) is 0 Å². The Hall–Kier alpha value is -0.340. The van der Waals surface area contributed by atoms with Crippen LogP contribution in [0.15, 0.2) is 12.2 Å². The summed E-state index contributed by atoms with van der Waals surface area (Å²) >= 11 is 0. The van der Waals surface area contributed by atoms with E-state index in [9.17, 15) is 0 Å². The minimum Gasteiger partial charge on any atom is -0.391 e. The van der Waals surface area contributed by atoms with Crippen LogP contribution in [0, 0.1) is 0 Å². The van der Waals surface area contributed by atoms with Crippen molar-refractivity contribution in [2.24, 2.45) is 0 Å². The monoisotopic (exact) mass is 158 g/mol. The van der Waals surface area contributed by atoms with Gasteiger partial charge in [0.05, 0.1) is 12.2 Å². The van der Waals surface area contributed by atoms with Crippen LogP contribution in [0.2, 0.25) is 0 Å². The summed E-state index contributed by atoms with van der Waals surface area (Å²) in [5, 5.41) is 18.0. The summed E-state index contributed by atoms with van der Waals surface area (Å²) in [7, 11) is 0. The molecule has 0 aliphatic rings. The highest BCUT2D eigenvalue weighted by molar-refractivity contribution is 4.81. The standard InChI is InChI=1S/C9H18O2/c1-3-4-5-6-7-9(11)8(2)10/h4-5,8-11H,3,6-7H2,1-2H3. The molecule has 66 valence electrons. The second-order valence-electron chi connectivity index (χ2n) is 2.76. The third-order valence-electron chi connectivity index (χ3n) is 1.59. The van der Waals surface area contributed by atoms with Crippen molar-refractivity contribution in [2.45, 2.75) is 45.3 Å². The van der Waals surface area contributed by atoms with Crippen LogP contribution in [0.25, 0.3) is 0 Å². The highest BCUT2D eigenvalue weighted by Crippen LogP contribution is 2.02. The van der Waals surface area contributed by atoms with Crippen LogP contribution in [0.4, 0.5) is 0 Å². The van der Waals surface area contributed by atoms with E-state index in [2.05, 4.69) is 13.0 Å². The molecule has 2 heteroatoms. The molecule has 0 rings (SSSR count). The molecule has 2 unspecified atom stereocenters. The average Bonchev–Trinajstić information content (AvgIpc) is 1.97. The largest absolute Gasteiger partial charge is 0.391 e. The fourth-order valence-corrected chi connectivity index (χ4v) is 0.793. The van der Waals surface area contributed by atoms with Gasteiger partial charge in [0.25, 0.3) is 0 Å². The van der Waals surface area contributed by atoms with E-state index in [1.54, 1.807) is 6.92 Å². The molecule has 0 aliphatic heterocycles. The number of aliphatic hydroxyl groups is 2. The number of allylic oxidation sites excluding steroid dienone is 2. The van der Waals surface area contributed by atoms with E-state index in [-0.39, 0.29) is 0 Å². The lowest BCUT2D eigenvalue weighted by molar-refractivity contribution is 0.0269. The van der Waals surface area contributed by atoms with E-state index in [0.717, 1.165) is 12.8 Å². The maximum absolute atomic E-state index is 9.14. The molecular formula is C9H18O2. The lowest BCUT2D eigenvalue weighted by atomic mass is 10.1. The molecular weight excluding hydrogens is 140 g/mol. The molecule has 0 aromatic carbocycles. The molecule has 0 spiro atoms. The second kappa shape index (κ2) is 6.38. The zero-order chi connectivity index (χ0) is 8.69. The van der Waals surface area contributed by atoms with Gasteiger partial charge in [-0.25, -0.2) is 0 Å². The number of rotatable bonds is 5. The molecule has 0 saturated carbocycles. The van der Waals surface area contributed by atoms with Crippen molar-refractivity contribution in [3.05, 3.63) is 12.2 Å². The summed E-state index contributed by atoms with van der Waals surface area (Å²) in [6.45, 7) is 3.68. The molecule has 2 nitrogen and oxygen atoms in total. The van der Waals surface area contributed by atoms with E-state index < -0.39 is 12.2 Å². The first-order valence-electron chi connectivity index (χ1n) is 4.19. The molecule has 0 amide bonds. The van der Waals surface area contributed by atoms with Crippen LogP contribution < -0.4 is 0 Å². The third-order valence-corrected chi connectivity index (χ3v) is 1.59. The predicted molar refractivity (Wildman–Crippen MR) is 46.4 cm³/mol. The van der Waals surface area contributed by atoms with E-state index in [4.69, 9.17) is 10.2 Å². The van der Waals surface area contributed by atoms with Crippen LogP contribution in [-0.4, -0.2) is 22.4 Å². The quantitative estimate of drug-likeness (QED) is 0.595. The van der Waals surface area contributed by atoms with Gasteiger partial charge in [-0.1, -0.05) is 19.1 Å². The van der Waals surface area contributed by atoms with Gasteiger partial charge in [0.2, 0.25) is 0 Å². The van der Waals surface area contributed by atoms with Crippen molar-refractivity contribution in [3.63, 3.8) is 0 Å². The second-order valence-corrected chi connectivity index (χ2v) is 2.76. The molecule has 11 heavy (non-hydrogen) atoms. The highest BCUT2D eigenvalue weighted by atomic mass is 16.3. The molecule has 0 fully saturated rings. The summed E-state index contributed by atoms with van der Waals surface area (Å²) in [6, 6.07) is 0. The van der Waals surface area contributed by atoms with Crippen LogP contribution in [0.5, 0.6) is 0 Å². The normalized spacial score (nSPS) is 17.1.